The third kappa shape index (κ3) is 5.16. The molecule has 0 bridgehead atoms. The number of nitrogens with two attached hydrogens (primary N) is 1. The third-order valence-electron chi connectivity index (χ3n) is 4.56. The van der Waals surface area contributed by atoms with Gasteiger partial charge in [0.25, 0.3) is 0 Å². The maximum absolute atomic E-state index is 11.7. The van der Waals surface area contributed by atoms with Crippen LogP contribution in [0.3, 0.4) is 0 Å². The summed E-state index contributed by atoms with van der Waals surface area (Å²) in [4.78, 5) is 6.76. The molecule has 0 spiro atoms. The van der Waals surface area contributed by atoms with Crippen molar-refractivity contribution in [2.75, 3.05) is 24.4 Å². The number of allylic oxidation sites excluding steroid dienone is 1. The predicted molar refractivity (Wildman–Crippen MR) is 120 cm³/mol. The summed E-state index contributed by atoms with van der Waals surface area (Å²) in [7, 11) is -0.380. The molecule has 0 aliphatic heterocycles. The van der Waals surface area contributed by atoms with Crippen molar-refractivity contribution < 1.29 is 13.2 Å². The van der Waals surface area contributed by atoms with E-state index in [0.717, 1.165) is 28.2 Å². The van der Waals surface area contributed by atoms with Gasteiger partial charge in [0.2, 0.25) is 10.0 Å². The second-order valence-corrected chi connectivity index (χ2v) is 8.48. The first kappa shape index (κ1) is 22.4. The highest BCUT2D eigenvalue weighted by Gasteiger charge is 2.15. The van der Waals surface area contributed by atoms with Gasteiger partial charge < -0.3 is 15.0 Å². The minimum Gasteiger partial charge on any atom is -0.495 e. The topological polar surface area (TPSA) is 97.0 Å². The van der Waals surface area contributed by atoms with Gasteiger partial charge in [-0.15, -0.1) is 0 Å². The van der Waals surface area contributed by atoms with Crippen LogP contribution in [0.25, 0.3) is 0 Å². The molecule has 2 rings (SSSR count). The van der Waals surface area contributed by atoms with Gasteiger partial charge in [0.15, 0.2) is 0 Å². The van der Waals surface area contributed by atoms with E-state index in [1.54, 1.807) is 13.0 Å². The smallest absolute Gasteiger partial charge is 0.238 e. The van der Waals surface area contributed by atoms with Crippen molar-refractivity contribution in [2.45, 2.75) is 32.6 Å². The summed E-state index contributed by atoms with van der Waals surface area (Å²) < 4.78 is 28.7. The SMILES string of the molecule is C=C(C)N(C)c1c(C)ccc(C)c1N=C(C)Nc1cc(S(N)(=O)=O)ccc1OC. The molecule has 2 aromatic carbocycles. The summed E-state index contributed by atoms with van der Waals surface area (Å²) in [5.41, 5.74) is 5.20. The zero-order valence-corrected chi connectivity index (χ0v) is 18.5. The molecule has 0 unspecified atom stereocenters. The highest BCUT2D eigenvalue weighted by molar-refractivity contribution is 7.89. The summed E-state index contributed by atoms with van der Waals surface area (Å²) in [5.74, 6) is 1.05. The molecule has 7 nitrogen and oxygen atoms in total. The van der Waals surface area contributed by atoms with E-state index in [4.69, 9.17) is 14.9 Å². The number of nitrogens with one attached hydrogen (secondary N) is 1. The number of amidine groups is 1. The fourth-order valence-electron chi connectivity index (χ4n) is 2.89. The number of primary sulfonamides is 1. The molecular weight excluding hydrogens is 388 g/mol. The average molecular weight is 417 g/mol. The fourth-order valence-corrected chi connectivity index (χ4v) is 3.43. The number of rotatable bonds is 6. The Labute approximate surface area is 173 Å². The number of aliphatic imine (C=N–C) groups is 1. The number of hydrogen-bond donors (Lipinski definition) is 2. The van der Waals surface area contributed by atoms with Gasteiger partial charge in [-0.3, -0.25) is 0 Å². The molecule has 29 heavy (non-hydrogen) atoms. The third-order valence-corrected chi connectivity index (χ3v) is 5.47. The molecule has 0 atom stereocenters. The van der Waals surface area contributed by atoms with Crippen molar-refractivity contribution in [3.63, 3.8) is 0 Å². The zero-order chi connectivity index (χ0) is 21.9. The second kappa shape index (κ2) is 8.67. The van der Waals surface area contributed by atoms with Crippen LogP contribution in [0.5, 0.6) is 5.75 Å². The molecule has 0 radical (unpaired) electrons. The molecule has 0 saturated carbocycles. The van der Waals surface area contributed by atoms with E-state index in [2.05, 4.69) is 11.9 Å². The number of ether oxygens (including phenoxy) is 1. The van der Waals surface area contributed by atoms with Gasteiger partial charge in [-0.25, -0.2) is 18.5 Å². The summed E-state index contributed by atoms with van der Waals surface area (Å²) in [6, 6.07) is 8.44. The number of benzene rings is 2. The van der Waals surface area contributed by atoms with E-state index in [1.807, 2.05) is 44.9 Å². The van der Waals surface area contributed by atoms with Gasteiger partial charge in [0.1, 0.15) is 11.6 Å². The highest BCUT2D eigenvalue weighted by Crippen LogP contribution is 2.36. The molecule has 0 heterocycles. The van der Waals surface area contributed by atoms with Crippen molar-refractivity contribution in [3.05, 3.63) is 53.7 Å². The first-order chi connectivity index (χ1) is 13.5. The highest BCUT2D eigenvalue weighted by atomic mass is 32.2. The lowest BCUT2D eigenvalue weighted by molar-refractivity contribution is 0.416. The van der Waals surface area contributed by atoms with Crippen LogP contribution >= 0.6 is 0 Å². The Morgan fingerprint density at radius 3 is 2.34 bits per heavy atom. The van der Waals surface area contributed by atoms with Gasteiger partial charge in [-0.2, -0.15) is 0 Å². The van der Waals surface area contributed by atoms with Gasteiger partial charge >= 0.3 is 0 Å². The molecule has 3 N–H and O–H groups in total. The lowest BCUT2D eigenvalue weighted by atomic mass is 10.1. The molecule has 0 aromatic heterocycles. The zero-order valence-electron chi connectivity index (χ0n) is 17.7. The Kier molecular flexibility index (Phi) is 6.71. The molecule has 2 aromatic rings. The lowest BCUT2D eigenvalue weighted by Gasteiger charge is -2.24. The minimum atomic E-state index is -3.84. The molecule has 0 amide bonds. The second-order valence-electron chi connectivity index (χ2n) is 6.92. The number of aryl methyl sites for hydroxylation is 2. The van der Waals surface area contributed by atoms with Crippen molar-refractivity contribution >= 4 is 32.9 Å². The van der Waals surface area contributed by atoms with Gasteiger partial charge in [0.05, 0.1) is 29.1 Å². The lowest BCUT2D eigenvalue weighted by Crippen LogP contribution is -2.16. The van der Waals surface area contributed by atoms with Crippen molar-refractivity contribution in [2.24, 2.45) is 10.1 Å². The minimum absolute atomic E-state index is 0.0111. The van der Waals surface area contributed by atoms with Gasteiger partial charge in [-0.1, -0.05) is 18.7 Å². The Hall–Kier alpha value is -2.84. The maximum Gasteiger partial charge on any atom is 0.238 e. The standard InChI is InChI=1S/C21H28N4O3S/c1-13(2)25(6)21-15(4)9-8-14(3)20(21)24-16(5)23-18-12-17(29(22,26)27)10-11-19(18)28-7/h8-12H,1H2,2-7H3,(H,23,24)(H2,22,26,27). The Bertz CT molecular complexity index is 1080. The predicted octanol–water partition coefficient (Wildman–Crippen LogP) is 4.09. The van der Waals surface area contributed by atoms with E-state index in [9.17, 15) is 8.42 Å². The van der Waals surface area contributed by atoms with E-state index >= 15 is 0 Å². The summed E-state index contributed by atoms with van der Waals surface area (Å²) >= 11 is 0. The van der Waals surface area contributed by atoms with Crippen LogP contribution in [0.15, 0.2) is 52.5 Å². The van der Waals surface area contributed by atoms with Crippen molar-refractivity contribution in [1.29, 1.82) is 0 Å². The number of hydrogen-bond acceptors (Lipinski definition) is 5. The monoisotopic (exact) mass is 416 g/mol. The molecule has 0 aliphatic carbocycles. The van der Waals surface area contributed by atoms with Crippen LogP contribution in [-0.4, -0.2) is 28.4 Å². The Morgan fingerprint density at radius 2 is 1.79 bits per heavy atom. The summed E-state index contributed by atoms with van der Waals surface area (Å²) in [5, 5.41) is 8.38. The van der Waals surface area contributed by atoms with Gasteiger partial charge in [0, 0.05) is 12.7 Å². The molecular formula is C21H28N4O3S. The fraction of sp³-hybridized carbons (Fsp3) is 0.286. The van der Waals surface area contributed by atoms with Crippen molar-refractivity contribution in [1.82, 2.24) is 0 Å². The largest absolute Gasteiger partial charge is 0.495 e. The van der Waals surface area contributed by atoms with Crippen LogP contribution in [0.1, 0.15) is 25.0 Å². The molecule has 8 heteroatoms. The molecule has 0 aliphatic rings. The van der Waals surface area contributed by atoms with Crippen LogP contribution in [0, 0.1) is 13.8 Å². The quantitative estimate of drug-likeness (QED) is 0.546. The summed E-state index contributed by atoms with van der Waals surface area (Å²) in [6.45, 7) is 11.8. The average Bonchev–Trinajstić information content (AvgIpc) is 2.63. The van der Waals surface area contributed by atoms with Crippen LogP contribution in [0.4, 0.5) is 17.1 Å². The number of nitrogens with zero attached hydrogens (tertiary/aromatic N) is 2. The van der Waals surface area contributed by atoms with Gasteiger partial charge in [-0.05, 0) is 57.0 Å². The number of sulfonamides is 1. The van der Waals surface area contributed by atoms with Crippen molar-refractivity contribution in [3.8, 4) is 5.75 Å². The summed E-state index contributed by atoms with van der Waals surface area (Å²) in [6.07, 6.45) is 0. The van der Waals surface area contributed by atoms with E-state index in [0.29, 0.717) is 17.3 Å². The molecule has 0 fully saturated rings. The first-order valence-electron chi connectivity index (χ1n) is 8.98. The molecule has 0 saturated heterocycles. The normalized spacial score (nSPS) is 11.9. The maximum atomic E-state index is 11.7. The Balaban J connectivity index is 2.54. The van der Waals surface area contributed by atoms with E-state index in [1.165, 1.54) is 19.2 Å². The number of methoxy groups -OCH3 is 1. The van der Waals surface area contributed by atoms with E-state index < -0.39 is 10.0 Å². The Morgan fingerprint density at radius 1 is 1.17 bits per heavy atom. The number of anilines is 2. The molecule has 156 valence electrons. The van der Waals surface area contributed by atoms with E-state index in [-0.39, 0.29) is 4.90 Å². The van der Waals surface area contributed by atoms with Crippen LogP contribution in [0.2, 0.25) is 0 Å². The first-order valence-corrected chi connectivity index (χ1v) is 10.5. The van der Waals surface area contributed by atoms with Crippen LogP contribution < -0.4 is 20.1 Å². The van der Waals surface area contributed by atoms with Crippen LogP contribution in [-0.2, 0) is 10.0 Å².